The van der Waals surface area contributed by atoms with E-state index in [0.717, 1.165) is 6.42 Å². The molecule has 0 aliphatic heterocycles. The van der Waals surface area contributed by atoms with E-state index in [1.165, 1.54) is 10.8 Å². The molecule has 0 amide bonds. The minimum Gasteiger partial charge on any atom is -0.409 e. The van der Waals surface area contributed by atoms with Crippen LogP contribution in [-0.4, -0.2) is 15.9 Å². The van der Waals surface area contributed by atoms with Crippen molar-refractivity contribution in [1.82, 2.24) is 0 Å². The highest BCUT2D eigenvalue weighted by atomic mass is 28.2. The van der Waals surface area contributed by atoms with Gasteiger partial charge in [-0.1, -0.05) is 31.2 Å². The zero-order chi connectivity index (χ0) is 9.68. The van der Waals surface area contributed by atoms with Crippen molar-refractivity contribution in [3.63, 3.8) is 0 Å². The molecule has 0 spiro atoms. The van der Waals surface area contributed by atoms with Crippen molar-refractivity contribution in [2.24, 2.45) is 0 Å². The van der Waals surface area contributed by atoms with E-state index in [1.807, 2.05) is 0 Å². The van der Waals surface area contributed by atoms with Gasteiger partial charge in [0.15, 0.2) is 0 Å². The molecule has 0 bridgehead atoms. The van der Waals surface area contributed by atoms with Crippen molar-refractivity contribution in [2.75, 3.05) is 0 Å². The summed E-state index contributed by atoms with van der Waals surface area (Å²) >= 11 is 0. The SMILES string of the molecule is CCc1ccc([Si]OC(C)C)cc1. The molecule has 0 saturated heterocycles. The van der Waals surface area contributed by atoms with Crippen LogP contribution in [0.4, 0.5) is 0 Å². The van der Waals surface area contributed by atoms with Crippen LogP contribution in [0.5, 0.6) is 0 Å². The zero-order valence-corrected chi connectivity index (χ0v) is 9.50. The molecule has 0 aliphatic carbocycles. The van der Waals surface area contributed by atoms with Gasteiger partial charge >= 0.3 is 0 Å². The van der Waals surface area contributed by atoms with Gasteiger partial charge in [-0.15, -0.1) is 0 Å². The van der Waals surface area contributed by atoms with E-state index < -0.39 is 0 Å². The lowest BCUT2D eigenvalue weighted by Crippen LogP contribution is -2.20. The molecule has 0 N–H and O–H groups in total. The van der Waals surface area contributed by atoms with E-state index >= 15 is 0 Å². The Kier molecular flexibility index (Phi) is 4.19. The Bertz CT molecular complexity index is 241. The van der Waals surface area contributed by atoms with Crippen molar-refractivity contribution < 1.29 is 4.43 Å². The van der Waals surface area contributed by atoms with Crippen LogP contribution in [0.25, 0.3) is 0 Å². The van der Waals surface area contributed by atoms with Crippen LogP contribution in [0.1, 0.15) is 26.3 Å². The third-order valence-electron chi connectivity index (χ3n) is 1.77. The lowest BCUT2D eigenvalue weighted by molar-refractivity contribution is 0.260. The second-order valence-corrected chi connectivity index (χ2v) is 4.34. The van der Waals surface area contributed by atoms with Gasteiger partial charge in [0.2, 0.25) is 0 Å². The number of benzene rings is 1. The molecule has 2 heteroatoms. The van der Waals surface area contributed by atoms with Crippen molar-refractivity contribution in [3.8, 4) is 0 Å². The van der Waals surface area contributed by atoms with E-state index in [0.29, 0.717) is 15.9 Å². The molecule has 13 heavy (non-hydrogen) atoms. The van der Waals surface area contributed by atoms with Crippen molar-refractivity contribution in [1.29, 1.82) is 0 Å². The molecule has 0 atom stereocenters. The highest BCUT2D eigenvalue weighted by Crippen LogP contribution is 1.97. The lowest BCUT2D eigenvalue weighted by Gasteiger charge is -2.06. The fraction of sp³-hybridized carbons (Fsp3) is 0.455. The fourth-order valence-corrected chi connectivity index (χ4v) is 1.67. The Hall–Kier alpha value is -0.603. The molecule has 1 nitrogen and oxygen atoms in total. The van der Waals surface area contributed by atoms with Gasteiger partial charge in [0.25, 0.3) is 9.76 Å². The first-order chi connectivity index (χ1) is 6.22. The maximum absolute atomic E-state index is 5.53. The summed E-state index contributed by atoms with van der Waals surface area (Å²) in [6.07, 6.45) is 1.43. The number of hydrogen-bond acceptors (Lipinski definition) is 1. The van der Waals surface area contributed by atoms with Crippen LogP contribution >= 0.6 is 0 Å². The second kappa shape index (κ2) is 5.20. The maximum atomic E-state index is 5.53. The summed E-state index contributed by atoms with van der Waals surface area (Å²) in [7, 11) is 0.483. The van der Waals surface area contributed by atoms with Crippen molar-refractivity contribution in [2.45, 2.75) is 33.3 Å². The molecule has 0 saturated carbocycles. The fourth-order valence-electron chi connectivity index (χ4n) is 0.994. The van der Waals surface area contributed by atoms with Crippen LogP contribution in [0.2, 0.25) is 0 Å². The van der Waals surface area contributed by atoms with Crippen LogP contribution in [0.3, 0.4) is 0 Å². The molecule has 1 aromatic rings. The van der Waals surface area contributed by atoms with E-state index in [4.69, 9.17) is 4.43 Å². The van der Waals surface area contributed by atoms with Crippen molar-refractivity contribution in [3.05, 3.63) is 29.8 Å². The van der Waals surface area contributed by atoms with Gasteiger partial charge < -0.3 is 4.43 Å². The predicted octanol–water partition coefficient (Wildman–Crippen LogP) is 1.92. The molecular formula is C11H16OSi. The van der Waals surface area contributed by atoms with Gasteiger partial charge in [0, 0.05) is 6.10 Å². The predicted molar refractivity (Wildman–Crippen MR) is 57.4 cm³/mol. The highest BCUT2D eigenvalue weighted by molar-refractivity contribution is 6.46. The first-order valence-electron chi connectivity index (χ1n) is 4.73. The molecule has 2 radical (unpaired) electrons. The average molecular weight is 192 g/mol. The monoisotopic (exact) mass is 192 g/mol. The Balaban J connectivity index is 2.49. The summed E-state index contributed by atoms with van der Waals surface area (Å²) in [5.41, 5.74) is 1.39. The summed E-state index contributed by atoms with van der Waals surface area (Å²) in [6, 6.07) is 8.65. The minimum atomic E-state index is 0.323. The van der Waals surface area contributed by atoms with Crippen molar-refractivity contribution >= 4 is 14.9 Å². The summed E-state index contributed by atoms with van der Waals surface area (Å²) in [5, 5.41) is 1.28. The Morgan fingerprint density at radius 1 is 1.23 bits per heavy atom. The van der Waals surface area contributed by atoms with Crippen LogP contribution in [-0.2, 0) is 10.8 Å². The average Bonchev–Trinajstić information content (AvgIpc) is 2.15. The Labute approximate surface area is 83.1 Å². The number of aryl methyl sites for hydroxylation is 1. The molecular weight excluding hydrogens is 176 g/mol. The minimum absolute atomic E-state index is 0.323. The quantitative estimate of drug-likeness (QED) is 0.662. The third kappa shape index (κ3) is 3.74. The topological polar surface area (TPSA) is 9.23 Å². The van der Waals surface area contributed by atoms with E-state index in [2.05, 4.69) is 45.0 Å². The van der Waals surface area contributed by atoms with Gasteiger partial charge in [-0.05, 0) is 31.0 Å². The Morgan fingerprint density at radius 2 is 1.85 bits per heavy atom. The van der Waals surface area contributed by atoms with Gasteiger partial charge in [0.1, 0.15) is 0 Å². The molecule has 0 aromatic heterocycles. The molecule has 70 valence electrons. The lowest BCUT2D eigenvalue weighted by atomic mass is 10.2. The summed E-state index contributed by atoms with van der Waals surface area (Å²) < 4.78 is 5.53. The molecule has 0 fully saturated rings. The highest BCUT2D eigenvalue weighted by Gasteiger charge is 1.98. The van der Waals surface area contributed by atoms with E-state index in [-0.39, 0.29) is 0 Å². The first kappa shape index (κ1) is 10.5. The smallest absolute Gasteiger partial charge is 0.269 e. The van der Waals surface area contributed by atoms with Gasteiger partial charge in [-0.3, -0.25) is 0 Å². The van der Waals surface area contributed by atoms with Gasteiger partial charge in [-0.25, -0.2) is 0 Å². The van der Waals surface area contributed by atoms with E-state index in [1.54, 1.807) is 0 Å². The molecule has 0 heterocycles. The maximum Gasteiger partial charge on any atom is 0.269 e. The molecule has 1 aromatic carbocycles. The largest absolute Gasteiger partial charge is 0.409 e. The number of rotatable bonds is 4. The van der Waals surface area contributed by atoms with Crippen LogP contribution < -0.4 is 5.19 Å². The summed E-state index contributed by atoms with van der Waals surface area (Å²) in [6.45, 7) is 6.29. The second-order valence-electron chi connectivity index (χ2n) is 3.32. The summed E-state index contributed by atoms with van der Waals surface area (Å²) in [4.78, 5) is 0. The van der Waals surface area contributed by atoms with Gasteiger partial charge in [0.05, 0.1) is 0 Å². The standard InChI is InChI=1S/C11H16OSi/c1-4-10-5-7-11(8-6-10)13-12-9(2)3/h5-9H,4H2,1-3H3. The first-order valence-corrected chi connectivity index (χ1v) is 5.63. The van der Waals surface area contributed by atoms with Crippen LogP contribution in [0, 0.1) is 0 Å². The normalized spacial score (nSPS) is 10.8. The molecule has 0 unspecified atom stereocenters. The van der Waals surface area contributed by atoms with Crippen LogP contribution in [0.15, 0.2) is 24.3 Å². The Morgan fingerprint density at radius 3 is 2.31 bits per heavy atom. The molecule has 1 rings (SSSR count). The van der Waals surface area contributed by atoms with E-state index in [9.17, 15) is 0 Å². The van der Waals surface area contributed by atoms with Gasteiger partial charge in [-0.2, -0.15) is 0 Å². The molecule has 0 aliphatic rings. The number of hydrogen-bond donors (Lipinski definition) is 0. The third-order valence-corrected chi connectivity index (χ3v) is 2.93. The zero-order valence-electron chi connectivity index (χ0n) is 8.50. The summed E-state index contributed by atoms with van der Waals surface area (Å²) in [5.74, 6) is 0.